The maximum atomic E-state index is 12.8. The SMILES string of the molecule is CCN(Cc1ccc(OC)cc1)C(=O)c1ccc(N2CCCS2(=O)=O)cc1. The minimum Gasteiger partial charge on any atom is -0.497 e. The highest BCUT2D eigenvalue weighted by molar-refractivity contribution is 7.93. The van der Waals surface area contributed by atoms with E-state index in [1.807, 2.05) is 31.2 Å². The molecule has 0 radical (unpaired) electrons. The summed E-state index contributed by atoms with van der Waals surface area (Å²) in [5.41, 5.74) is 2.18. The summed E-state index contributed by atoms with van der Waals surface area (Å²) in [4.78, 5) is 14.6. The van der Waals surface area contributed by atoms with Crippen LogP contribution in [-0.2, 0) is 16.6 Å². The van der Waals surface area contributed by atoms with Crippen LogP contribution < -0.4 is 9.04 Å². The first-order valence-electron chi connectivity index (χ1n) is 8.97. The van der Waals surface area contributed by atoms with Gasteiger partial charge < -0.3 is 9.64 Å². The molecule has 144 valence electrons. The zero-order valence-corrected chi connectivity index (χ0v) is 16.4. The normalized spacial score (nSPS) is 15.6. The molecule has 1 amide bonds. The Morgan fingerprint density at radius 3 is 2.30 bits per heavy atom. The third kappa shape index (κ3) is 4.24. The summed E-state index contributed by atoms with van der Waals surface area (Å²) in [5, 5.41) is 0. The van der Waals surface area contributed by atoms with E-state index in [2.05, 4.69) is 0 Å². The van der Waals surface area contributed by atoms with Gasteiger partial charge in [0.2, 0.25) is 10.0 Å². The largest absolute Gasteiger partial charge is 0.497 e. The molecule has 2 aromatic carbocycles. The summed E-state index contributed by atoms with van der Waals surface area (Å²) in [5.74, 6) is 0.879. The van der Waals surface area contributed by atoms with Gasteiger partial charge in [0.05, 0.1) is 18.6 Å². The van der Waals surface area contributed by atoms with E-state index in [0.717, 1.165) is 11.3 Å². The van der Waals surface area contributed by atoms with Gasteiger partial charge in [-0.15, -0.1) is 0 Å². The third-order valence-corrected chi connectivity index (χ3v) is 6.57. The van der Waals surface area contributed by atoms with Crippen molar-refractivity contribution in [2.45, 2.75) is 19.9 Å². The highest BCUT2D eigenvalue weighted by Crippen LogP contribution is 2.24. The van der Waals surface area contributed by atoms with Gasteiger partial charge in [-0.1, -0.05) is 12.1 Å². The lowest BCUT2D eigenvalue weighted by Gasteiger charge is -2.22. The van der Waals surface area contributed by atoms with Crippen LogP contribution in [0.5, 0.6) is 5.75 Å². The molecule has 1 aliphatic heterocycles. The standard InChI is InChI=1S/C20H24N2O4S/c1-3-21(15-16-5-11-19(26-2)12-6-16)20(23)17-7-9-18(10-8-17)22-13-4-14-27(22,24)25/h5-12H,3-4,13-15H2,1-2H3. The summed E-state index contributed by atoms with van der Waals surface area (Å²) in [7, 11) is -1.59. The number of benzene rings is 2. The van der Waals surface area contributed by atoms with Gasteiger partial charge in [0.25, 0.3) is 5.91 Å². The molecular weight excluding hydrogens is 364 g/mol. The topological polar surface area (TPSA) is 66.9 Å². The first-order chi connectivity index (χ1) is 12.9. The van der Waals surface area contributed by atoms with Gasteiger partial charge in [0.1, 0.15) is 5.75 Å². The van der Waals surface area contributed by atoms with Crippen LogP contribution in [0.4, 0.5) is 5.69 Å². The molecule has 0 N–H and O–H groups in total. The third-order valence-electron chi connectivity index (χ3n) is 4.70. The Morgan fingerprint density at radius 1 is 1.11 bits per heavy atom. The number of carbonyl (C=O) groups is 1. The van der Waals surface area contributed by atoms with Gasteiger partial charge >= 0.3 is 0 Å². The molecular formula is C20H24N2O4S. The monoisotopic (exact) mass is 388 g/mol. The number of methoxy groups -OCH3 is 1. The van der Waals surface area contributed by atoms with Crippen molar-refractivity contribution in [2.75, 3.05) is 30.3 Å². The Kier molecular flexibility index (Phi) is 5.70. The fourth-order valence-electron chi connectivity index (χ4n) is 3.16. The molecule has 0 bridgehead atoms. The summed E-state index contributed by atoms with van der Waals surface area (Å²) in [6.07, 6.45) is 0.633. The second-order valence-corrected chi connectivity index (χ2v) is 8.47. The molecule has 0 saturated carbocycles. The van der Waals surface area contributed by atoms with Crippen LogP contribution in [0.25, 0.3) is 0 Å². The number of carbonyl (C=O) groups excluding carboxylic acids is 1. The summed E-state index contributed by atoms with van der Waals surface area (Å²) < 4.78 is 30.6. The lowest BCUT2D eigenvalue weighted by Crippen LogP contribution is -2.30. The Balaban J connectivity index is 1.73. The van der Waals surface area contributed by atoms with E-state index in [4.69, 9.17) is 4.74 Å². The lowest BCUT2D eigenvalue weighted by molar-refractivity contribution is 0.0752. The van der Waals surface area contributed by atoms with Crippen LogP contribution in [0, 0.1) is 0 Å². The summed E-state index contributed by atoms with van der Waals surface area (Å²) in [6, 6.07) is 14.4. The van der Waals surface area contributed by atoms with Crippen LogP contribution in [0.2, 0.25) is 0 Å². The first kappa shape index (κ1) is 19.2. The predicted molar refractivity (Wildman–Crippen MR) is 106 cm³/mol. The molecule has 1 saturated heterocycles. The molecule has 27 heavy (non-hydrogen) atoms. The molecule has 7 heteroatoms. The number of nitrogens with zero attached hydrogens (tertiary/aromatic N) is 2. The fourth-order valence-corrected chi connectivity index (χ4v) is 4.73. The van der Waals surface area contributed by atoms with E-state index in [0.29, 0.717) is 37.3 Å². The van der Waals surface area contributed by atoms with Crippen LogP contribution in [-0.4, -0.2) is 45.2 Å². The Labute approximate surface area is 160 Å². The van der Waals surface area contributed by atoms with Crippen molar-refractivity contribution < 1.29 is 17.9 Å². The van der Waals surface area contributed by atoms with Crippen molar-refractivity contribution in [3.05, 3.63) is 59.7 Å². The number of rotatable bonds is 6. The van der Waals surface area contributed by atoms with Crippen molar-refractivity contribution >= 4 is 21.6 Å². The number of sulfonamides is 1. The van der Waals surface area contributed by atoms with Gasteiger partial charge in [0, 0.05) is 25.2 Å². The molecule has 0 unspecified atom stereocenters. The Bertz CT molecular complexity index is 893. The number of anilines is 1. The van der Waals surface area contributed by atoms with Gasteiger partial charge in [-0.3, -0.25) is 9.10 Å². The van der Waals surface area contributed by atoms with E-state index in [1.165, 1.54) is 4.31 Å². The molecule has 0 atom stereocenters. The van der Waals surface area contributed by atoms with E-state index in [-0.39, 0.29) is 11.7 Å². The molecule has 0 aromatic heterocycles. The second-order valence-electron chi connectivity index (χ2n) is 6.46. The molecule has 3 rings (SSSR count). The number of hydrogen-bond acceptors (Lipinski definition) is 4. The molecule has 1 aliphatic rings. The van der Waals surface area contributed by atoms with Gasteiger partial charge in [-0.2, -0.15) is 0 Å². The Hall–Kier alpha value is -2.54. The van der Waals surface area contributed by atoms with Gasteiger partial charge in [-0.05, 0) is 55.3 Å². The minimum atomic E-state index is -3.21. The van der Waals surface area contributed by atoms with E-state index in [1.54, 1.807) is 36.3 Å². The molecule has 1 heterocycles. The number of ether oxygens (including phenoxy) is 1. The van der Waals surface area contributed by atoms with E-state index < -0.39 is 10.0 Å². The highest BCUT2D eigenvalue weighted by atomic mass is 32.2. The van der Waals surface area contributed by atoms with E-state index in [9.17, 15) is 13.2 Å². The molecule has 1 fully saturated rings. The Morgan fingerprint density at radius 2 is 1.78 bits per heavy atom. The fraction of sp³-hybridized carbons (Fsp3) is 0.350. The van der Waals surface area contributed by atoms with Crippen molar-refractivity contribution in [3.8, 4) is 5.75 Å². The number of hydrogen-bond donors (Lipinski definition) is 0. The number of amides is 1. The van der Waals surface area contributed by atoms with Crippen molar-refractivity contribution in [2.24, 2.45) is 0 Å². The highest BCUT2D eigenvalue weighted by Gasteiger charge is 2.28. The molecule has 6 nitrogen and oxygen atoms in total. The zero-order chi connectivity index (χ0) is 19.4. The average Bonchev–Trinajstić information content (AvgIpc) is 3.05. The van der Waals surface area contributed by atoms with Crippen LogP contribution in [0.15, 0.2) is 48.5 Å². The van der Waals surface area contributed by atoms with Gasteiger partial charge in [-0.25, -0.2) is 8.42 Å². The average molecular weight is 388 g/mol. The van der Waals surface area contributed by atoms with Crippen LogP contribution in [0.1, 0.15) is 29.3 Å². The van der Waals surface area contributed by atoms with E-state index >= 15 is 0 Å². The molecule has 0 spiro atoms. The maximum absolute atomic E-state index is 12.8. The summed E-state index contributed by atoms with van der Waals surface area (Å²) in [6.45, 7) is 3.51. The first-order valence-corrected chi connectivity index (χ1v) is 10.6. The summed E-state index contributed by atoms with van der Waals surface area (Å²) >= 11 is 0. The van der Waals surface area contributed by atoms with Crippen molar-refractivity contribution in [1.82, 2.24) is 4.90 Å². The van der Waals surface area contributed by atoms with Crippen molar-refractivity contribution in [3.63, 3.8) is 0 Å². The smallest absolute Gasteiger partial charge is 0.254 e. The quantitative estimate of drug-likeness (QED) is 0.763. The second kappa shape index (κ2) is 8.00. The van der Waals surface area contributed by atoms with Gasteiger partial charge in [0.15, 0.2) is 0 Å². The van der Waals surface area contributed by atoms with Crippen LogP contribution in [0.3, 0.4) is 0 Å². The van der Waals surface area contributed by atoms with Crippen LogP contribution >= 0.6 is 0 Å². The molecule has 2 aromatic rings. The maximum Gasteiger partial charge on any atom is 0.254 e. The van der Waals surface area contributed by atoms with Crippen molar-refractivity contribution in [1.29, 1.82) is 0 Å². The zero-order valence-electron chi connectivity index (χ0n) is 15.6. The lowest BCUT2D eigenvalue weighted by atomic mass is 10.1. The predicted octanol–water partition coefficient (Wildman–Crippen LogP) is 2.90. The minimum absolute atomic E-state index is 0.0795. The molecule has 0 aliphatic carbocycles.